The normalized spacial score (nSPS) is 18.2. The van der Waals surface area contributed by atoms with Gasteiger partial charge in [-0.1, -0.05) is 30.3 Å². The van der Waals surface area contributed by atoms with Crippen molar-refractivity contribution in [2.45, 2.75) is 6.04 Å². The average molecular weight is 301 g/mol. The van der Waals surface area contributed by atoms with Crippen LogP contribution >= 0.6 is 0 Å². The zero-order valence-corrected chi connectivity index (χ0v) is 11.7. The zero-order chi connectivity index (χ0) is 15.5. The van der Waals surface area contributed by atoms with E-state index >= 15 is 0 Å². The molecule has 114 valence electrons. The number of carboxylic acids is 1. The van der Waals surface area contributed by atoms with Crippen LogP contribution in [0.15, 0.2) is 36.4 Å². The molecule has 7 heteroatoms. The SMILES string of the molecule is O=C(O)C1COCCN1C(=O)c1cc(-c2ccccc2)n[nH]1. The Bertz CT molecular complexity index is 683. The molecule has 0 bridgehead atoms. The molecule has 1 aromatic carbocycles. The average Bonchev–Trinajstić information content (AvgIpc) is 3.05. The van der Waals surface area contributed by atoms with Gasteiger partial charge < -0.3 is 14.7 Å². The number of aliphatic carboxylic acids is 1. The van der Waals surface area contributed by atoms with E-state index in [4.69, 9.17) is 4.74 Å². The van der Waals surface area contributed by atoms with Crippen molar-refractivity contribution in [3.63, 3.8) is 0 Å². The molecule has 2 N–H and O–H groups in total. The molecular weight excluding hydrogens is 286 g/mol. The molecule has 1 unspecified atom stereocenters. The van der Waals surface area contributed by atoms with Crippen LogP contribution in [0.1, 0.15) is 10.5 Å². The lowest BCUT2D eigenvalue weighted by Crippen LogP contribution is -2.52. The van der Waals surface area contributed by atoms with Crippen molar-refractivity contribution >= 4 is 11.9 Å². The number of aromatic nitrogens is 2. The number of aromatic amines is 1. The molecular formula is C15H15N3O4. The van der Waals surface area contributed by atoms with Crippen molar-refractivity contribution in [3.8, 4) is 11.3 Å². The van der Waals surface area contributed by atoms with E-state index in [0.29, 0.717) is 12.3 Å². The highest BCUT2D eigenvalue weighted by molar-refractivity contribution is 5.96. The molecule has 0 aliphatic carbocycles. The Hall–Kier alpha value is -2.67. The van der Waals surface area contributed by atoms with Crippen molar-refractivity contribution in [1.29, 1.82) is 0 Å². The van der Waals surface area contributed by atoms with E-state index in [0.717, 1.165) is 5.56 Å². The maximum atomic E-state index is 12.5. The lowest BCUT2D eigenvalue weighted by Gasteiger charge is -2.32. The Morgan fingerprint density at radius 1 is 1.32 bits per heavy atom. The minimum Gasteiger partial charge on any atom is -0.480 e. The summed E-state index contributed by atoms with van der Waals surface area (Å²) in [7, 11) is 0. The van der Waals surface area contributed by atoms with Gasteiger partial charge in [0.05, 0.1) is 18.9 Å². The van der Waals surface area contributed by atoms with Gasteiger partial charge in [-0.25, -0.2) is 4.79 Å². The number of amides is 1. The van der Waals surface area contributed by atoms with E-state index < -0.39 is 12.0 Å². The Labute approximate surface area is 126 Å². The number of benzene rings is 1. The fraction of sp³-hybridized carbons (Fsp3) is 0.267. The number of rotatable bonds is 3. The Morgan fingerprint density at radius 2 is 2.09 bits per heavy atom. The van der Waals surface area contributed by atoms with Gasteiger partial charge in [-0.15, -0.1) is 0 Å². The van der Waals surface area contributed by atoms with Crippen molar-refractivity contribution in [2.24, 2.45) is 0 Å². The summed E-state index contributed by atoms with van der Waals surface area (Å²) in [5.74, 6) is -1.46. The van der Waals surface area contributed by atoms with Crippen LogP contribution < -0.4 is 0 Å². The monoisotopic (exact) mass is 301 g/mol. The quantitative estimate of drug-likeness (QED) is 0.882. The molecule has 1 aliphatic heterocycles. The van der Waals surface area contributed by atoms with Crippen LogP contribution in [0, 0.1) is 0 Å². The summed E-state index contributed by atoms with van der Waals surface area (Å²) in [6, 6.07) is 10.1. The number of H-pyrrole nitrogens is 1. The van der Waals surface area contributed by atoms with Crippen molar-refractivity contribution in [3.05, 3.63) is 42.1 Å². The predicted molar refractivity (Wildman–Crippen MR) is 77.3 cm³/mol. The molecule has 3 rings (SSSR count). The van der Waals surface area contributed by atoms with Crippen LogP contribution in [-0.4, -0.2) is 57.9 Å². The third kappa shape index (κ3) is 2.71. The minimum atomic E-state index is -1.07. The maximum Gasteiger partial charge on any atom is 0.328 e. The minimum absolute atomic E-state index is 0.000747. The number of hydrogen-bond acceptors (Lipinski definition) is 4. The van der Waals surface area contributed by atoms with E-state index in [1.165, 1.54) is 4.90 Å². The largest absolute Gasteiger partial charge is 0.480 e. The van der Waals surface area contributed by atoms with Gasteiger partial charge in [0.15, 0.2) is 6.04 Å². The summed E-state index contributed by atoms with van der Waals surface area (Å²) in [4.78, 5) is 25.0. The van der Waals surface area contributed by atoms with Crippen LogP contribution in [0.2, 0.25) is 0 Å². The van der Waals surface area contributed by atoms with E-state index in [1.54, 1.807) is 6.07 Å². The molecule has 7 nitrogen and oxygen atoms in total. The van der Waals surface area contributed by atoms with Gasteiger partial charge in [-0.3, -0.25) is 9.89 Å². The molecule has 1 fully saturated rings. The fourth-order valence-corrected chi connectivity index (χ4v) is 2.39. The Balaban J connectivity index is 1.83. The molecule has 2 aromatic rings. The summed E-state index contributed by atoms with van der Waals surface area (Å²) < 4.78 is 5.13. The van der Waals surface area contributed by atoms with Crippen LogP contribution in [0.3, 0.4) is 0 Å². The van der Waals surface area contributed by atoms with Crippen LogP contribution in [0.4, 0.5) is 0 Å². The molecule has 2 heterocycles. The van der Waals surface area contributed by atoms with Gasteiger partial charge in [0, 0.05) is 12.1 Å². The standard InChI is InChI=1S/C15H15N3O4/c19-14(18-6-7-22-9-13(18)15(20)21)12-8-11(16-17-12)10-4-2-1-3-5-10/h1-5,8,13H,6-7,9H2,(H,16,17)(H,20,21). The molecule has 22 heavy (non-hydrogen) atoms. The first-order valence-electron chi connectivity index (χ1n) is 6.89. The van der Waals surface area contributed by atoms with E-state index in [2.05, 4.69) is 10.2 Å². The highest BCUT2D eigenvalue weighted by atomic mass is 16.5. The fourth-order valence-electron chi connectivity index (χ4n) is 2.39. The second-order valence-electron chi connectivity index (χ2n) is 4.96. The smallest absolute Gasteiger partial charge is 0.328 e. The van der Waals surface area contributed by atoms with Crippen LogP contribution in [0.25, 0.3) is 11.3 Å². The van der Waals surface area contributed by atoms with Gasteiger partial charge in [-0.05, 0) is 6.07 Å². The summed E-state index contributed by atoms with van der Waals surface area (Å²) in [5, 5.41) is 16.0. The van der Waals surface area contributed by atoms with Gasteiger partial charge >= 0.3 is 5.97 Å². The van der Waals surface area contributed by atoms with Crippen molar-refractivity contribution < 1.29 is 19.4 Å². The van der Waals surface area contributed by atoms with E-state index in [-0.39, 0.29) is 24.8 Å². The number of ether oxygens (including phenoxy) is 1. The molecule has 0 spiro atoms. The third-order valence-electron chi connectivity index (χ3n) is 3.55. The number of carbonyl (C=O) groups is 2. The number of carbonyl (C=O) groups excluding carboxylic acids is 1. The predicted octanol–water partition coefficient (Wildman–Crippen LogP) is 1.00. The number of nitrogens with one attached hydrogen (secondary N) is 1. The lowest BCUT2D eigenvalue weighted by atomic mass is 10.1. The summed E-state index contributed by atoms with van der Waals surface area (Å²) >= 11 is 0. The number of hydrogen-bond donors (Lipinski definition) is 2. The topological polar surface area (TPSA) is 95.5 Å². The van der Waals surface area contributed by atoms with Crippen LogP contribution in [-0.2, 0) is 9.53 Å². The second kappa shape index (κ2) is 5.98. The maximum absolute atomic E-state index is 12.5. The van der Waals surface area contributed by atoms with Crippen molar-refractivity contribution in [2.75, 3.05) is 19.8 Å². The third-order valence-corrected chi connectivity index (χ3v) is 3.55. The van der Waals surface area contributed by atoms with Gasteiger partial charge in [0.2, 0.25) is 0 Å². The number of carboxylic acid groups (broad SMARTS) is 1. The first-order chi connectivity index (χ1) is 10.7. The zero-order valence-electron chi connectivity index (χ0n) is 11.7. The molecule has 1 aromatic heterocycles. The number of nitrogens with zero attached hydrogens (tertiary/aromatic N) is 2. The molecule has 1 aliphatic rings. The molecule has 1 atom stereocenters. The van der Waals surface area contributed by atoms with Gasteiger partial charge in [0.1, 0.15) is 5.69 Å². The van der Waals surface area contributed by atoms with Gasteiger partial charge in [0.25, 0.3) is 5.91 Å². The first-order valence-corrected chi connectivity index (χ1v) is 6.89. The van der Waals surface area contributed by atoms with E-state index in [9.17, 15) is 14.7 Å². The molecule has 0 radical (unpaired) electrons. The van der Waals surface area contributed by atoms with Crippen LogP contribution in [0.5, 0.6) is 0 Å². The van der Waals surface area contributed by atoms with Gasteiger partial charge in [-0.2, -0.15) is 5.10 Å². The summed E-state index contributed by atoms with van der Waals surface area (Å²) in [5.41, 5.74) is 1.80. The Kier molecular flexibility index (Phi) is 3.88. The first kappa shape index (κ1) is 14.3. The van der Waals surface area contributed by atoms with E-state index in [1.807, 2.05) is 30.3 Å². The lowest BCUT2D eigenvalue weighted by molar-refractivity contribution is -0.147. The molecule has 0 saturated carbocycles. The highest BCUT2D eigenvalue weighted by Crippen LogP contribution is 2.19. The number of morpholine rings is 1. The summed E-state index contributed by atoms with van der Waals surface area (Å²) in [6.45, 7) is 0.575. The molecule has 1 amide bonds. The molecule has 1 saturated heterocycles. The van der Waals surface area contributed by atoms with Crippen molar-refractivity contribution in [1.82, 2.24) is 15.1 Å². The summed E-state index contributed by atoms with van der Waals surface area (Å²) in [6.07, 6.45) is 0. The Morgan fingerprint density at radius 3 is 2.82 bits per heavy atom. The second-order valence-corrected chi connectivity index (χ2v) is 4.96. The highest BCUT2D eigenvalue weighted by Gasteiger charge is 2.34.